The molecule has 60 valence electrons. The van der Waals surface area contributed by atoms with Gasteiger partial charge >= 0.3 is 64.5 Å². The van der Waals surface area contributed by atoms with Gasteiger partial charge in [0.25, 0.3) is 0 Å². The number of hydrogen-bond acceptors (Lipinski definition) is 1. The summed E-state index contributed by atoms with van der Waals surface area (Å²) in [6.45, 7) is 3.66. The minimum atomic E-state index is -2.03. The van der Waals surface area contributed by atoms with Gasteiger partial charge in [-0.15, -0.1) is 0 Å². The summed E-state index contributed by atoms with van der Waals surface area (Å²) in [6, 6.07) is 0. The molecule has 2 nitrogen and oxygen atoms in total. The second-order valence-electron chi connectivity index (χ2n) is 4.18. The first-order chi connectivity index (χ1) is 4.19. The van der Waals surface area contributed by atoms with Gasteiger partial charge in [-0.2, -0.15) is 0 Å². The van der Waals surface area contributed by atoms with Crippen LogP contribution >= 0.6 is 0 Å². The Morgan fingerprint density at radius 2 is 1.60 bits per heavy atom. The minimum absolute atomic E-state index is 0.458. The Bertz CT molecular complexity index is 144. The van der Waals surface area contributed by atoms with Gasteiger partial charge in [-0.25, -0.2) is 0 Å². The van der Waals surface area contributed by atoms with Crippen LogP contribution in [-0.2, 0) is 4.79 Å². The van der Waals surface area contributed by atoms with E-state index in [-0.39, 0.29) is 0 Å². The van der Waals surface area contributed by atoms with Gasteiger partial charge in [-0.1, -0.05) is 0 Å². The summed E-state index contributed by atoms with van der Waals surface area (Å²) < 4.78 is -0.458. The Labute approximate surface area is 65.0 Å². The summed E-state index contributed by atoms with van der Waals surface area (Å²) in [7, 11) is 0. The van der Waals surface area contributed by atoms with Crippen molar-refractivity contribution in [2.24, 2.45) is 0 Å². The van der Waals surface area contributed by atoms with Crippen LogP contribution in [0.2, 0.25) is 21.5 Å². The zero-order chi connectivity index (χ0) is 8.58. The summed E-state index contributed by atoms with van der Waals surface area (Å²) in [4.78, 5) is 10.7. The van der Waals surface area contributed by atoms with E-state index >= 15 is 0 Å². The van der Waals surface area contributed by atoms with Crippen LogP contribution in [0.4, 0.5) is 0 Å². The van der Waals surface area contributed by atoms with Gasteiger partial charge < -0.3 is 0 Å². The fourth-order valence-electron chi connectivity index (χ4n) is 0.321. The molecule has 0 fully saturated rings. The number of hydrogen-bond donors (Lipinski definition) is 1. The third-order valence-corrected chi connectivity index (χ3v) is 10.7. The van der Waals surface area contributed by atoms with Gasteiger partial charge in [0.1, 0.15) is 0 Å². The van der Waals surface area contributed by atoms with Crippen LogP contribution in [0, 0.1) is 0 Å². The Hall–Kier alpha value is 0.0129. The summed E-state index contributed by atoms with van der Waals surface area (Å²) >= 11 is -2.03. The Kier molecular flexibility index (Phi) is 2.57. The molecule has 0 saturated heterocycles. The van der Waals surface area contributed by atoms with Crippen molar-refractivity contribution >= 4 is 19.2 Å². The number of aliphatic carboxylic acids is 1. The molecule has 0 radical (unpaired) electrons. The normalized spacial score (nSPS) is 13.3. The van der Waals surface area contributed by atoms with Crippen molar-refractivity contribution in [2.75, 3.05) is 0 Å². The molecule has 0 bridgehead atoms. The Balaban J connectivity index is 4.57. The summed E-state index contributed by atoms with van der Waals surface area (Å²) in [5.74, 6) is 5.70. The van der Waals surface area contributed by atoms with E-state index in [1.807, 2.05) is 13.8 Å². The standard InChI is InChI=1S/C7H16GeO2/c1-7(2,6(9)10)8(3,4)5/h1-5H3,(H,9,10). The molecule has 3 heteroatoms. The second kappa shape index (κ2) is 2.57. The monoisotopic (exact) mass is 206 g/mol. The van der Waals surface area contributed by atoms with Crippen LogP contribution in [0.15, 0.2) is 0 Å². The molecule has 0 saturated carbocycles. The molecule has 0 spiro atoms. The predicted molar refractivity (Wildman–Crippen MR) is 45.0 cm³/mol. The van der Waals surface area contributed by atoms with Crippen molar-refractivity contribution in [1.29, 1.82) is 0 Å². The van der Waals surface area contributed by atoms with Gasteiger partial charge in [0.15, 0.2) is 0 Å². The second-order valence-corrected chi connectivity index (χ2v) is 16.2. The van der Waals surface area contributed by atoms with Crippen LogP contribution in [-0.4, -0.2) is 24.3 Å². The first-order valence-corrected chi connectivity index (χ1v) is 10.8. The summed E-state index contributed by atoms with van der Waals surface area (Å²) in [5, 5.41) is 8.82. The summed E-state index contributed by atoms with van der Waals surface area (Å²) in [6.07, 6.45) is 0. The van der Waals surface area contributed by atoms with E-state index in [9.17, 15) is 4.79 Å². The molecule has 0 amide bonds. The molecule has 0 aliphatic rings. The van der Waals surface area contributed by atoms with Gasteiger partial charge in [0, 0.05) is 0 Å². The van der Waals surface area contributed by atoms with Crippen molar-refractivity contribution in [1.82, 2.24) is 0 Å². The molecule has 10 heavy (non-hydrogen) atoms. The third-order valence-electron chi connectivity index (χ3n) is 2.41. The first kappa shape index (κ1) is 10.0. The molecular formula is C7H16GeO2. The molecule has 0 rings (SSSR count). The fraction of sp³-hybridized carbons (Fsp3) is 0.857. The van der Waals surface area contributed by atoms with Crippen LogP contribution in [0.25, 0.3) is 0 Å². The number of carboxylic acid groups (broad SMARTS) is 1. The first-order valence-electron chi connectivity index (χ1n) is 3.43. The topological polar surface area (TPSA) is 37.3 Å². The van der Waals surface area contributed by atoms with E-state index < -0.39 is 23.5 Å². The third kappa shape index (κ3) is 1.75. The van der Waals surface area contributed by atoms with Gasteiger partial charge in [-0.05, 0) is 0 Å². The van der Waals surface area contributed by atoms with E-state index in [2.05, 4.69) is 17.3 Å². The van der Waals surface area contributed by atoms with Crippen molar-refractivity contribution in [3.8, 4) is 0 Å². The van der Waals surface area contributed by atoms with Gasteiger partial charge in [0.05, 0.1) is 0 Å². The quantitative estimate of drug-likeness (QED) is 0.701. The average Bonchev–Trinajstić information content (AvgIpc) is 1.62. The number of carbonyl (C=O) groups is 1. The molecule has 0 heterocycles. The van der Waals surface area contributed by atoms with Crippen molar-refractivity contribution in [2.45, 2.75) is 35.4 Å². The van der Waals surface area contributed by atoms with E-state index in [1.165, 1.54) is 0 Å². The van der Waals surface area contributed by atoms with Gasteiger partial charge in [-0.3, -0.25) is 0 Å². The molecule has 0 unspecified atom stereocenters. The Morgan fingerprint density at radius 3 is 1.60 bits per heavy atom. The Morgan fingerprint density at radius 1 is 1.30 bits per heavy atom. The van der Waals surface area contributed by atoms with Crippen molar-refractivity contribution in [3.63, 3.8) is 0 Å². The van der Waals surface area contributed by atoms with E-state index in [0.717, 1.165) is 0 Å². The molecule has 0 aromatic rings. The molecule has 1 N–H and O–H groups in total. The van der Waals surface area contributed by atoms with Crippen LogP contribution in [0.1, 0.15) is 13.8 Å². The zero-order valence-corrected chi connectivity index (χ0v) is 9.45. The number of carboxylic acids is 1. The maximum atomic E-state index is 10.7. The average molecular weight is 205 g/mol. The van der Waals surface area contributed by atoms with E-state index in [4.69, 9.17) is 5.11 Å². The number of rotatable bonds is 2. The molecule has 0 aromatic heterocycles. The fourth-order valence-corrected chi connectivity index (χ4v) is 1.67. The van der Waals surface area contributed by atoms with E-state index in [0.29, 0.717) is 0 Å². The molecule has 0 aliphatic carbocycles. The summed E-state index contributed by atoms with van der Waals surface area (Å²) in [5.41, 5.74) is 0. The van der Waals surface area contributed by atoms with Crippen LogP contribution in [0.5, 0.6) is 0 Å². The van der Waals surface area contributed by atoms with Gasteiger partial charge in [0.2, 0.25) is 0 Å². The predicted octanol–water partition coefficient (Wildman–Crippen LogP) is 2.19. The van der Waals surface area contributed by atoms with E-state index in [1.54, 1.807) is 0 Å². The molecule has 0 aliphatic heterocycles. The maximum absolute atomic E-state index is 10.7. The van der Waals surface area contributed by atoms with Crippen molar-refractivity contribution in [3.05, 3.63) is 0 Å². The van der Waals surface area contributed by atoms with Crippen LogP contribution < -0.4 is 0 Å². The van der Waals surface area contributed by atoms with Crippen molar-refractivity contribution < 1.29 is 9.90 Å². The molecule has 0 aromatic carbocycles. The molecule has 0 atom stereocenters. The molecular weight excluding hydrogens is 189 g/mol. The SMILES string of the molecule is C[C](C)(C(=O)O)[Ge]([CH3])([CH3])[CH3]. The van der Waals surface area contributed by atoms with Crippen LogP contribution in [0.3, 0.4) is 0 Å². The zero-order valence-electron chi connectivity index (χ0n) is 7.36.